The topological polar surface area (TPSA) is 55.3 Å². The maximum atomic E-state index is 11.5. The zero-order valence-electron chi connectivity index (χ0n) is 25.7. The van der Waals surface area contributed by atoms with Crippen molar-refractivity contribution < 1.29 is 23.4 Å². The van der Waals surface area contributed by atoms with Crippen molar-refractivity contribution in [2.24, 2.45) is 0 Å². The minimum absolute atomic E-state index is 0.877. The highest BCUT2D eigenvalue weighted by Gasteiger charge is 2.36. The van der Waals surface area contributed by atoms with Crippen LogP contribution in [0.1, 0.15) is 76.0 Å². The molecule has 206 valence electrons. The third kappa shape index (κ3) is 19.1. The van der Waals surface area contributed by atoms with Gasteiger partial charge in [-0.2, -0.15) is 0 Å². The Morgan fingerprint density at radius 3 is 1.49 bits per heavy atom. The van der Waals surface area contributed by atoms with Crippen LogP contribution in [0, 0.1) is 13.8 Å². The first-order valence-electron chi connectivity index (χ1n) is 13.6. The molecule has 0 saturated heterocycles. The Morgan fingerprint density at radius 1 is 0.743 bits per heavy atom. The summed E-state index contributed by atoms with van der Waals surface area (Å²) in [7, 11) is 12.3. The van der Waals surface area contributed by atoms with E-state index in [1.165, 1.54) is 21.9 Å². The highest BCUT2D eigenvalue weighted by molar-refractivity contribution is 6.89. The van der Waals surface area contributed by atoms with Crippen molar-refractivity contribution in [2.45, 2.75) is 91.7 Å². The lowest BCUT2D eigenvalue weighted by Crippen LogP contribution is -2.62. The van der Waals surface area contributed by atoms with Gasteiger partial charge in [-0.05, 0) is 60.7 Å². The molecule has 35 heavy (non-hydrogen) atoms. The molecule has 0 heterocycles. The van der Waals surface area contributed by atoms with Crippen LogP contribution in [0.5, 0.6) is 0 Å². The number of nitrogens with zero attached hydrogens (tertiary/aromatic N) is 2. The Balaban J connectivity index is 0. The van der Waals surface area contributed by atoms with Crippen molar-refractivity contribution in [3.8, 4) is 0 Å². The van der Waals surface area contributed by atoms with Gasteiger partial charge in [0.15, 0.2) is 0 Å². The zero-order chi connectivity index (χ0) is 27.9. The highest BCUT2D eigenvalue weighted by atomic mass is 28.4. The lowest BCUT2D eigenvalue weighted by atomic mass is 9.98. The molecule has 0 aromatic heterocycles. The first-order chi connectivity index (χ1) is 15.9. The fraction of sp³-hybridized carbons (Fsp3) is 0.786. The molecular formula is C28H59BN2O3Si. The lowest BCUT2D eigenvalue weighted by molar-refractivity contribution is -0.849. The molecule has 1 rings (SSSR count). The normalized spacial score (nSPS) is 11.9. The van der Waals surface area contributed by atoms with Crippen molar-refractivity contribution in [1.29, 1.82) is 0 Å². The molecule has 0 fully saturated rings. The molecule has 0 unspecified atom stereocenters. The average Bonchev–Trinajstić information content (AvgIpc) is 2.67. The number of unbranched alkanes of at least 4 members (excludes halogenated alkanes) is 3. The van der Waals surface area contributed by atoms with E-state index in [0.29, 0.717) is 0 Å². The largest absolute Gasteiger partial charge is 0.872 e. The van der Waals surface area contributed by atoms with Gasteiger partial charge < -0.3 is 23.4 Å². The van der Waals surface area contributed by atoms with Gasteiger partial charge in [0.25, 0.3) is 0 Å². The summed E-state index contributed by atoms with van der Waals surface area (Å²) in [4.78, 5) is 0. The van der Waals surface area contributed by atoms with Gasteiger partial charge in [-0.25, -0.2) is 0 Å². The van der Waals surface area contributed by atoms with E-state index in [-0.39, 0.29) is 0 Å². The predicted molar refractivity (Wildman–Crippen MR) is 154 cm³/mol. The molecule has 0 aliphatic rings. The molecule has 5 nitrogen and oxygen atoms in total. The van der Waals surface area contributed by atoms with Crippen LogP contribution in [0.25, 0.3) is 0 Å². The monoisotopic (exact) mass is 510 g/mol. The second kappa shape index (κ2) is 17.7. The Morgan fingerprint density at radius 2 is 1.14 bits per heavy atom. The summed E-state index contributed by atoms with van der Waals surface area (Å²) in [5.41, 5.74) is 3.97. The summed E-state index contributed by atoms with van der Waals surface area (Å²) in [6.07, 6.45) is 7.53. The van der Waals surface area contributed by atoms with Crippen molar-refractivity contribution in [1.82, 2.24) is 0 Å². The number of aryl methyl sites for hydroxylation is 1. The van der Waals surface area contributed by atoms with Crippen LogP contribution < -0.4 is 15.2 Å². The number of rotatable bonds is 12. The summed E-state index contributed by atoms with van der Waals surface area (Å²) in [5, 5.41) is 24.3. The third-order valence-electron chi connectivity index (χ3n) is 5.29. The van der Waals surface area contributed by atoms with E-state index in [2.05, 4.69) is 103 Å². The molecule has 0 radical (unpaired) electrons. The van der Waals surface area contributed by atoms with Crippen LogP contribution in [-0.4, -0.2) is 81.0 Å². The number of benzene rings is 1. The predicted octanol–water partition coefficient (Wildman–Crippen LogP) is 3.77. The molecule has 0 bridgehead atoms. The zero-order valence-corrected chi connectivity index (χ0v) is 26.7. The van der Waals surface area contributed by atoms with Gasteiger partial charge in [0, 0.05) is 7.32 Å². The smallest absolute Gasteiger partial charge is 0.205 e. The lowest BCUT2D eigenvalue weighted by Gasteiger charge is -2.43. The summed E-state index contributed by atoms with van der Waals surface area (Å²) in [6.45, 7) is 10.8. The van der Waals surface area contributed by atoms with E-state index in [1.54, 1.807) is 0 Å². The Kier molecular flexibility index (Phi) is 18.4. The number of quaternary nitrogens is 2. The van der Waals surface area contributed by atoms with Crippen LogP contribution in [0.3, 0.4) is 0 Å². The van der Waals surface area contributed by atoms with E-state index in [4.69, 9.17) is 4.34 Å². The summed E-state index contributed by atoms with van der Waals surface area (Å²) >= 11 is 0. The summed E-state index contributed by atoms with van der Waals surface area (Å²) < 4.78 is 7.74. The summed E-state index contributed by atoms with van der Waals surface area (Å²) in [5.74, 6) is 0. The van der Waals surface area contributed by atoms with Gasteiger partial charge in [-0.3, -0.25) is 0 Å². The van der Waals surface area contributed by atoms with E-state index >= 15 is 0 Å². The molecule has 7 heteroatoms. The molecule has 0 N–H and O–H groups in total. The maximum absolute atomic E-state index is 11.5. The molecule has 0 amide bonds. The van der Waals surface area contributed by atoms with Crippen LogP contribution in [0.15, 0.2) is 12.1 Å². The average molecular weight is 511 g/mol. The van der Waals surface area contributed by atoms with Gasteiger partial charge in [0.1, 0.15) is 0 Å². The molecular weight excluding hydrogens is 451 g/mol. The molecule has 0 atom stereocenters. The minimum atomic E-state index is -2.54. The van der Waals surface area contributed by atoms with Crippen LogP contribution in [0.2, 0.25) is 12.1 Å². The van der Waals surface area contributed by atoms with Crippen molar-refractivity contribution in [3.05, 3.63) is 28.8 Å². The van der Waals surface area contributed by atoms with E-state index in [1.807, 2.05) is 0 Å². The van der Waals surface area contributed by atoms with E-state index in [0.717, 1.165) is 66.0 Å². The molecule has 0 aliphatic carbocycles. The van der Waals surface area contributed by atoms with E-state index in [9.17, 15) is 10.0 Å². The fourth-order valence-electron chi connectivity index (χ4n) is 3.81. The minimum Gasteiger partial charge on any atom is -0.872 e. The second-order valence-electron chi connectivity index (χ2n) is 12.6. The quantitative estimate of drug-likeness (QED) is 0.318. The molecule has 0 aliphatic heterocycles. The van der Waals surface area contributed by atoms with Gasteiger partial charge in [0.2, 0.25) is 8.32 Å². The van der Waals surface area contributed by atoms with Gasteiger partial charge in [0.05, 0.1) is 56.4 Å². The van der Waals surface area contributed by atoms with Gasteiger partial charge >= 0.3 is 0 Å². The SMILES string of the molecule is CCCCc1c(C)ccc([Si](CCCC)(CCCC)OB([O-])[O-])c1C.C[N+](C)(C)C.C[N+](C)(C)C. The van der Waals surface area contributed by atoms with Crippen molar-refractivity contribution in [3.63, 3.8) is 0 Å². The first kappa shape index (κ1) is 36.5. The first-order valence-corrected chi connectivity index (χ1v) is 15.9. The van der Waals surface area contributed by atoms with E-state index < -0.39 is 15.6 Å². The van der Waals surface area contributed by atoms with Gasteiger partial charge in [-0.15, -0.1) is 0 Å². The second-order valence-corrected chi connectivity index (χ2v) is 16.4. The standard InChI is InChI=1S/C20H35BO3Si.2C4H12N/c1-6-9-12-19-17(4)13-14-20(18(19)5)25(15-10-7-2,16-11-8-3)24-21(22)23;2*1-5(2,3)4/h13-14H,6-12,15-16H2,1-5H3;2*1-4H3/q-2;2*+1. The fourth-order valence-corrected chi connectivity index (χ4v) is 8.40. The van der Waals surface area contributed by atoms with Gasteiger partial charge in [-0.1, -0.05) is 65.0 Å². The molecule has 0 spiro atoms. The van der Waals surface area contributed by atoms with Crippen LogP contribution in [0.4, 0.5) is 0 Å². The van der Waals surface area contributed by atoms with Crippen molar-refractivity contribution in [2.75, 3.05) is 56.4 Å². The Labute approximate surface area is 221 Å². The van der Waals surface area contributed by atoms with Crippen LogP contribution in [-0.2, 0) is 10.8 Å². The maximum Gasteiger partial charge on any atom is 0.205 e. The Hall–Kier alpha value is -0.698. The summed E-state index contributed by atoms with van der Waals surface area (Å²) in [6, 6.07) is 6.07. The molecule has 1 aromatic carbocycles. The highest BCUT2D eigenvalue weighted by Crippen LogP contribution is 2.27. The van der Waals surface area contributed by atoms with Crippen molar-refractivity contribution >= 4 is 20.8 Å². The number of hydrogen-bond acceptors (Lipinski definition) is 3. The Bertz CT molecular complexity index is 654. The molecule has 0 saturated carbocycles. The number of hydrogen-bond donors (Lipinski definition) is 0. The van der Waals surface area contributed by atoms with Crippen LogP contribution >= 0.6 is 0 Å². The molecule has 1 aromatic rings. The third-order valence-corrected chi connectivity index (χ3v) is 9.78.